The molecule has 90 valence electrons. The summed E-state index contributed by atoms with van der Waals surface area (Å²) in [6.07, 6.45) is 3.14. The molecule has 0 atom stereocenters. The molecule has 0 aliphatic carbocycles. The summed E-state index contributed by atoms with van der Waals surface area (Å²) in [5.74, 6) is 2.25. The number of methoxy groups -OCH3 is 1. The van der Waals surface area contributed by atoms with Gasteiger partial charge in [0.1, 0.15) is 0 Å². The van der Waals surface area contributed by atoms with E-state index in [1.165, 1.54) is 0 Å². The molecule has 0 saturated heterocycles. The van der Waals surface area contributed by atoms with E-state index in [1.54, 1.807) is 7.11 Å². The largest absolute Gasteiger partial charge is 0.493 e. The number of para-hydroxylation sites is 1. The Kier molecular flexibility index (Phi) is 6.65. The SMILES string of the molecule is COc1cccc(Br)c1OCCCCCCl. The zero-order valence-corrected chi connectivity index (χ0v) is 11.7. The van der Waals surface area contributed by atoms with Gasteiger partial charge >= 0.3 is 0 Å². The molecule has 16 heavy (non-hydrogen) atoms. The van der Waals surface area contributed by atoms with Gasteiger partial charge in [0.2, 0.25) is 0 Å². The average molecular weight is 308 g/mol. The molecular weight excluding hydrogens is 291 g/mol. The van der Waals surface area contributed by atoms with Crippen molar-refractivity contribution in [2.24, 2.45) is 0 Å². The number of hydrogen-bond acceptors (Lipinski definition) is 2. The second kappa shape index (κ2) is 7.80. The van der Waals surface area contributed by atoms with Crippen LogP contribution in [-0.2, 0) is 0 Å². The predicted octanol–water partition coefficient (Wildman–Crippen LogP) is 4.25. The molecule has 0 spiro atoms. The maximum Gasteiger partial charge on any atom is 0.175 e. The van der Waals surface area contributed by atoms with Crippen LogP contribution in [0.15, 0.2) is 22.7 Å². The number of alkyl halides is 1. The van der Waals surface area contributed by atoms with Crippen LogP contribution in [0.3, 0.4) is 0 Å². The monoisotopic (exact) mass is 306 g/mol. The topological polar surface area (TPSA) is 18.5 Å². The molecule has 0 fully saturated rings. The van der Waals surface area contributed by atoms with Gasteiger partial charge in [-0.3, -0.25) is 0 Å². The van der Waals surface area contributed by atoms with Crippen molar-refractivity contribution in [2.75, 3.05) is 19.6 Å². The highest BCUT2D eigenvalue weighted by atomic mass is 79.9. The van der Waals surface area contributed by atoms with Crippen molar-refractivity contribution in [1.82, 2.24) is 0 Å². The Balaban J connectivity index is 2.46. The normalized spacial score (nSPS) is 10.2. The van der Waals surface area contributed by atoms with E-state index >= 15 is 0 Å². The van der Waals surface area contributed by atoms with Gasteiger partial charge in [-0.05, 0) is 47.3 Å². The Labute approximate surface area is 110 Å². The predicted molar refractivity (Wildman–Crippen MR) is 70.8 cm³/mol. The molecule has 0 aliphatic rings. The first-order valence-corrected chi connectivity index (χ1v) is 6.63. The van der Waals surface area contributed by atoms with Crippen molar-refractivity contribution in [3.63, 3.8) is 0 Å². The van der Waals surface area contributed by atoms with Gasteiger partial charge in [0.15, 0.2) is 11.5 Å². The Hall–Kier alpha value is -0.410. The van der Waals surface area contributed by atoms with Crippen molar-refractivity contribution in [1.29, 1.82) is 0 Å². The van der Waals surface area contributed by atoms with Gasteiger partial charge < -0.3 is 9.47 Å². The molecule has 0 amide bonds. The molecule has 0 heterocycles. The van der Waals surface area contributed by atoms with Crippen LogP contribution in [0, 0.1) is 0 Å². The van der Waals surface area contributed by atoms with Crippen LogP contribution in [0.25, 0.3) is 0 Å². The summed E-state index contributed by atoms with van der Waals surface area (Å²) in [7, 11) is 1.64. The second-order valence-electron chi connectivity index (χ2n) is 3.37. The van der Waals surface area contributed by atoms with Crippen molar-refractivity contribution >= 4 is 27.5 Å². The fourth-order valence-electron chi connectivity index (χ4n) is 1.34. The van der Waals surface area contributed by atoms with Gasteiger partial charge in [0, 0.05) is 5.88 Å². The Morgan fingerprint density at radius 3 is 2.75 bits per heavy atom. The molecule has 0 aromatic heterocycles. The van der Waals surface area contributed by atoms with E-state index < -0.39 is 0 Å². The molecule has 2 nitrogen and oxygen atoms in total. The summed E-state index contributed by atoms with van der Waals surface area (Å²) in [6.45, 7) is 0.690. The van der Waals surface area contributed by atoms with Gasteiger partial charge in [-0.15, -0.1) is 11.6 Å². The third-order valence-electron chi connectivity index (χ3n) is 2.18. The van der Waals surface area contributed by atoms with E-state index in [2.05, 4.69) is 15.9 Å². The van der Waals surface area contributed by atoms with Gasteiger partial charge in [-0.25, -0.2) is 0 Å². The fraction of sp³-hybridized carbons (Fsp3) is 0.500. The van der Waals surface area contributed by atoms with Crippen LogP contribution in [0.4, 0.5) is 0 Å². The number of halogens is 2. The maximum atomic E-state index is 5.69. The lowest BCUT2D eigenvalue weighted by molar-refractivity contribution is 0.284. The minimum atomic E-state index is 0.690. The Morgan fingerprint density at radius 2 is 2.06 bits per heavy atom. The average Bonchev–Trinajstić information content (AvgIpc) is 2.30. The first-order valence-electron chi connectivity index (χ1n) is 5.31. The zero-order chi connectivity index (χ0) is 11.8. The summed E-state index contributed by atoms with van der Waals surface area (Å²) in [5, 5.41) is 0. The minimum absolute atomic E-state index is 0.690. The number of ether oxygens (including phenoxy) is 2. The lowest BCUT2D eigenvalue weighted by Crippen LogP contribution is -2.00. The molecular formula is C12H16BrClO2. The van der Waals surface area contributed by atoms with Crippen molar-refractivity contribution in [2.45, 2.75) is 19.3 Å². The number of unbranched alkanes of at least 4 members (excludes halogenated alkanes) is 2. The van der Waals surface area contributed by atoms with Crippen molar-refractivity contribution in [3.8, 4) is 11.5 Å². The maximum absolute atomic E-state index is 5.69. The first kappa shape index (κ1) is 13.7. The molecule has 1 aromatic carbocycles. The molecule has 0 bridgehead atoms. The molecule has 0 unspecified atom stereocenters. The number of hydrogen-bond donors (Lipinski definition) is 0. The highest BCUT2D eigenvalue weighted by Crippen LogP contribution is 2.34. The van der Waals surface area contributed by atoms with E-state index in [9.17, 15) is 0 Å². The van der Waals surface area contributed by atoms with Crippen LogP contribution in [0.2, 0.25) is 0 Å². The molecule has 0 N–H and O–H groups in total. The van der Waals surface area contributed by atoms with E-state index in [-0.39, 0.29) is 0 Å². The van der Waals surface area contributed by atoms with Gasteiger partial charge in [-0.2, -0.15) is 0 Å². The summed E-state index contributed by atoms with van der Waals surface area (Å²) in [6, 6.07) is 5.75. The van der Waals surface area contributed by atoms with Gasteiger partial charge in [0.25, 0.3) is 0 Å². The summed E-state index contributed by atoms with van der Waals surface area (Å²) in [4.78, 5) is 0. The zero-order valence-electron chi connectivity index (χ0n) is 9.34. The quantitative estimate of drug-likeness (QED) is 0.554. The van der Waals surface area contributed by atoms with E-state index in [1.807, 2.05) is 18.2 Å². The lowest BCUT2D eigenvalue weighted by Gasteiger charge is -2.11. The van der Waals surface area contributed by atoms with Crippen LogP contribution < -0.4 is 9.47 Å². The van der Waals surface area contributed by atoms with Crippen LogP contribution in [0.1, 0.15) is 19.3 Å². The minimum Gasteiger partial charge on any atom is -0.493 e. The number of rotatable bonds is 7. The second-order valence-corrected chi connectivity index (χ2v) is 4.60. The third kappa shape index (κ3) is 4.22. The van der Waals surface area contributed by atoms with E-state index in [4.69, 9.17) is 21.1 Å². The fourth-order valence-corrected chi connectivity index (χ4v) is 1.99. The van der Waals surface area contributed by atoms with Crippen LogP contribution in [-0.4, -0.2) is 19.6 Å². The molecule has 0 radical (unpaired) electrons. The van der Waals surface area contributed by atoms with Crippen molar-refractivity contribution in [3.05, 3.63) is 22.7 Å². The lowest BCUT2D eigenvalue weighted by atomic mass is 10.2. The van der Waals surface area contributed by atoms with Gasteiger partial charge in [-0.1, -0.05) is 6.07 Å². The first-order chi connectivity index (χ1) is 7.79. The summed E-state index contributed by atoms with van der Waals surface area (Å²) in [5.41, 5.74) is 0. The summed E-state index contributed by atoms with van der Waals surface area (Å²) < 4.78 is 11.8. The van der Waals surface area contributed by atoms with Gasteiger partial charge in [0.05, 0.1) is 18.2 Å². The Bertz CT molecular complexity index is 318. The highest BCUT2D eigenvalue weighted by molar-refractivity contribution is 9.10. The molecule has 4 heteroatoms. The molecule has 0 saturated carbocycles. The molecule has 0 aliphatic heterocycles. The van der Waals surface area contributed by atoms with Crippen LogP contribution in [0.5, 0.6) is 11.5 Å². The molecule has 1 rings (SSSR count). The van der Waals surface area contributed by atoms with Crippen molar-refractivity contribution < 1.29 is 9.47 Å². The third-order valence-corrected chi connectivity index (χ3v) is 3.07. The van der Waals surface area contributed by atoms with E-state index in [0.29, 0.717) is 6.61 Å². The Morgan fingerprint density at radius 1 is 1.25 bits per heavy atom. The summed E-state index contributed by atoms with van der Waals surface area (Å²) >= 11 is 9.05. The standard InChI is InChI=1S/C12H16BrClO2/c1-15-11-7-5-6-10(13)12(11)16-9-4-2-3-8-14/h5-7H,2-4,8-9H2,1H3. The van der Waals surface area contributed by atoms with Crippen LogP contribution >= 0.6 is 27.5 Å². The number of benzene rings is 1. The molecule has 1 aromatic rings. The highest BCUT2D eigenvalue weighted by Gasteiger charge is 2.07. The van der Waals surface area contributed by atoms with E-state index in [0.717, 1.165) is 41.1 Å². The smallest absolute Gasteiger partial charge is 0.175 e.